The lowest BCUT2D eigenvalue weighted by atomic mass is 9.79. The molecule has 11 nitrogen and oxygen atoms in total. The minimum absolute atomic E-state index is 0.255. The normalized spacial score (nSPS) is 33.8. The smallest absolute Gasteiger partial charge is 0.317 e. The van der Waals surface area contributed by atoms with E-state index in [2.05, 4.69) is 16.0 Å². The van der Waals surface area contributed by atoms with E-state index in [1.807, 2.05) is 0 Å². The molecular weight excluding hydrogens is 338 g/mol. The molecule has 0 radical (unpaired) electrons. The van der Waals surface area contributed by atoms with E-state index in [4.69, 9.17) is 10.2 Å². The highest BCUT2D eigenvalue weighted by Gasteiger charge is 2.49. The van der Waals surface area contributed by atoms with Gasteiger partial charge in [-0.05, 0) is 6.42 Å². The molecule has 1 fully saturated rings. The lowest BCUT2D eigenvalue weighted by molar-refractivity contribution is -0.138. The molecule has 0 spiro atoms. The van der Waals surface area contributed by atoms with Crippen LogP contribution in [0, 0.1) is 0 Å². The van der Waals surface area contributed by atoms with Crippen LogP contribution in [0.1, 0.15) is 13.3 Å². The molecule has 0 aromatic carbocycles. The Morgan fingerprint density at radius 3 is 1.60 bits per heavy atom. The topological polar surface area (TPSA) is 192 Å². The first-order valence-electron chi connectivity index (χ1n) is 8.04. The predicted molar refractivity (Wildman–Crippen MR) is 85.0 cm³/mol. The number of carboxylic acids is 2. The Labute approximate surface area is 144 Å². The third-order valence-corrected chi connectivity index (χ3v) is 4.33. The van der Waals surface area contributed by atoms with E-state index in [1.165, 1.54) is 0 Å². The number of aliphatic hydroxyl groups excluding tert-OH is 4. The molecule has 0 amide bonds. The average Bonchev–Trinajstić information content (AvgIpc) is 2.54. The summed E-state index contributed by atoms with van der Waals surface area (Å²) in [5, 5.41) is 66.0. The molecule has 1 rings (SSSR count). The molecular formula is C14H27N3O8. The summed E-state index contributed by atoms with van der Waals surface area (Å²) in [5.74, 6) is -2.40. The summed E-state index contributed by atoms with van der Waals surface area (Å²) in [5.41, 5.74) is 0. The minimum Gasteiger partial charge on any atom is -0.480 e. The first-order chi connectivity index (χ1) is 11.7. The maximum Gasteiger partial charge on any atom is 0.317 e. The van der Waals surface area contributed by atoms with Gasteiger partial charge in [-0.1, -0.05) is 6.92 Å². The maximum atomic E-state index is 10.8. The van der Waals surface area contributed by atoms with Crippen LogP contribution in [0.15, 0.2) is 0 Å². The number of aliphatic hydroxyl groups is 4. The van der Waals surface area contributed by atoms with Gasteiger partial charge in [0.05, 0.1) is 56.1 Å². The van der Waals surface area contributed by atoms with Crippen molar-refractivity contribution in [2.45, 2.75) is 55.8 Å². The third-order valence-electron chi connectivity index (χ3n) is 4.33. The number of hydrogen-bond acceptors (Lipinski definition) is 9. The van der Waals surface area contributed by atoms with E-state index < -0.39 is 67.5 Å². The van der Waals surface area contributed by atoms with Crippen LogP contribution in [-0.2, 0) is 9.59 Å². The summed E-state index contributed by atoms with van der Waals surface area (Å²) in [7, 11) is 0. The highest BCUT2D eigenvalue weighted by atomic mass is 16.4. The standard InChI is InChI=1S/C14H27N3O8/c1-2-6(5-18)17-11-13(24)9(15-3-7(19)20)12(23)10(14(11)25)16-4-8(21)22/h6,9-18,23-25H,2-5H2,1H3,(H,19,20)(H,21,22). The second kappa shape index (κ2) is 9.97. The van der Waals surface area contributed by atoms with Gasteiger partial charge < -0.3 is 36.0 Å². The van der Waals surface area contributed by atoms with E-state index in [-0.39, 0.29) is 6.61 Å². The van der Waals surface area contributed by atoms with Crippen LogP contribution in [0.4, 0.5) is 0 Å². The van der Waals surface area contributed by atoms with Gasteiger partial charge in [0.1, 0.15) is 0 Å². The molecule has 0 bridgehead atoms. The van der Waals surface area contributed by atoms with Crippen molar-refractivity contribution in [3.63, 3.8) is 0 Å². The molecule has 5 atom stereocenters. The molecule has 0 saturated heterocycles. The van der Waals surface area contributed by atoms with Crippen molar-refractivity contribution in [1.29, 1.82) is 0 Å². The van der Waals surface area contributed by atoms with Gasteiger partial charge in [-0.2, -0.15) is 0 Å². The summed E-state index contributed by atoms with van der Waals surface area (Å²) in [6, 6.07) is -3.71. The number of carboxylic acid groups (broad SMARTS) is 2. The average molecular weight is 365 g/mol. The van der Waals surface area contributed by atoms with Crippen LogP contribution < -0.4 is 16.0 Å². The molecule has 11 heteroatoms. The van der Waals surface area contributed by atoms with Crippen molar-refractivity contribution in [3.8, 4) is 0 Å². The second-order valence-corrected chi connectivity index (χ2v) is 6.05. The van der Waals surface area contributed by atoms with E-state index in [0.717, 1.165) is 0 Å². The lowest BCUT2D eigenvalue weighted by Gasteiger charge is -2.47. The molecule has 0 aromatic heterocycles. The fraction of sp³-hybridized carbons (Fsp3) is 0.857. The van der Waals surface area contributed by atoms with Crippen molar-refractivity contribution in [3.05, 3.63) is 0 Å². The van der Waals surface area contributed by atoms with Gasteiger partial charge in [-0.25, -0.2) is 0 Å². The summed E-state index contributed by atoms with van der Waals surface area (Å²) in [4.78, 5) is 21.5. The van der Waals surface area contributed by atoms with Crippen molar-refractivity contribution in [2.75, 3.05) is 19.7 Å². The van der Waals surface area contributed by atoms with Gasteiger partial charge in [0.25, 0.3) is 0 Å². The summed E-state index contributed by atoms with van der Waals surface area (Å²) in [6.07, 6.45) is -3.67. The second-order valence-electron chi connectivity index (χ2n) is 6.05. The molecule has 0 aromatic rings. The highest BCUT2D eigenvalue weighted by Crippen LogP contribution is 2.22. The number of carbonyl (C=O) groups is 2. The van der Waals surface area contributed by atoms with E-state index in [0.29, 0.717) is 6.42 Å². The van der Waals surface area contributed by atoms with Crippen LogP contribution in [-0.4, -0.2) is 105 Å². The zero-order valence-corrected chi connectivity index (χ0v) is 13.9. The van der Waals surface area contributed by atoms with Gasteiger partial charge >= 0.3 is 11.9 Å². The Morgan fingerprint density at radius 2 is 1.28 bits per heavy atom. The Kier molecular flexibility index (Phi) is 8.65. The number of nitrogens with one attached hydrogen (secondary N) is 3. The van der Waals surface area contributed by atoms with Crippen molar-refractivity contribution in [2.24, 2.45) is 0 Å². The van der Waals surface area contributed by atoms with Gasteiger partial charge in [0.2, 0.25) is 0 Å². The quantitative estimate of drug-likeness (QED) is 0.183. The molecule has 146 valence electrons. The van der Waals surface area contributed by atoms with Crippen molar-refractivity contribution >= 4 is 11.9 Å². The lowest BCUT2D eigenvalue weighted by Crippen LogP contribution is -2.74. The predicted octanol–water partition coefficient (Wildman–Crippen LogP) is -4.10. The first-order valence-corrected chi connectivity index (χ1v) is 8.04. The first kappa shape index (κ1) is 21.7. The molecule has 0 heterocycles. The summed E-state index contributed by atoms with van der Waals surface area (Å²) >= 11 is 0. The maximum absolute atomic E-state index is 10.8. The van der Waals surface area contributed by atoms with Crippen LogP contribution >= 0.6 is 0 Å². The van der Waals surface area contributed by atoms with E-state index in [1.54, 1.807) is 6.92 Å². The summed E-state index contributed by atoms with van der Waals surface area (Å²) in [6.45, 7) is 0.453. The molecule has 0 aliphatic heterocycles. The zero-order valence-electron chi connectivity index (χ0n) is 13.9. The Bertz CT molecular complexity index is 416. The van der Waals surface area contributed by atoms with Crippen LogP contribution in [0.5, 0.6) is 0 Å². The monoisotopic (exact) mass is 365 g/mol. The van der Waals surface area contributed by atoms with Crippen LogP contribution in [0.3, 0.4) is 0 Å². The zero-order chi connectivity index (χ0) is 19.1. The van der Waals surface area contributed by atoms with Gasteiger partial charge in [-0.3, -0.25) is 20.2 Å². The number of hydrogen-bond donors (Lipinski definition) is 9. The molecule has 1 aliphatic carbocycles. The minimum atomic E-state index is -1.43. The van der Waals surface area contributed by atoms with Gasteiger partial charge in [0.15, 0.2) is 0 Å². The molecule has 5 unspecified atom stereocenters. The van der Waals surface area contributed by atoms with Crippen molar-refractivity contribution < 1.29 is 40.2 Å². The Balaban J connectivity index is 2.99. The number of rotatable bonds is 10. The van der Waals surface area contributed by atoms with E-state index in [9.17, 15) is 30.0 Å². The SMILES string of the molecule is CCC(CO)NC1C(O)C(NCC(=O)O)C(O)C(NCC(=O)O)C1O. The van der Waals surface area contributed by atoms with Crippen LogP contribution in [0.25, 0.3) is 0 Å². The fourth-order valence-electron chi connectivity index (χ4n) is 2.94. The Morgan fingerprint density at radius 1 is 0.880 bits per heavy atom. The van der Waals surface area contributed by atoms with Crippen LogP contribution in [0.2, 0.25) is 0 Å². The van der Waals surface area contributed by atoms with Gasteiger partial charge in [-0.15, -0.1) is 0 Å². The molecule has 1 aliphatic rings. The molecule has 25 heavy (non-hydrogen) atoms. The molecule has 9 N–H and O–H groups in total. The highest BCUT2D eigenvalue weighted by molar-refractivity contribution is 5.69. The van der Waals surface area contributed by atoms with Crippen molar-refractivity contribution in [1.82, 2.24) is 16.0 Å². The third kappa shape index (κ3) is 5.85. The fourth-order valence-corrected chi connectivity index (χ4v) is 2.94. The number of aliphatic carboxylic acids is 2. The summed E-state index contributed by atoms with van der Waals surface area (Å²) < 4.78 is 0. The Hall–Kier alpha value is -1.34. The molecule has 1 saturated carbocycles. The largest absolute Gasteiger partial charge is 0.480 e. The van der Waals surface area contributed by atoms with Gasteiger partial charge in [0, 0.05) is 6.04 Å². The van der Waals surface area contributed by atoms with E-state index >= 15 is 0 Å².